The summed E-state index contributed by atoms with van der Waals surface area (Å²) in [6.45, 7) is 0.989. The standard InChI is InChI=1S/C14H15BrO3S/c1-17-8-9-18-11-5-3-2-4-10(11)14(16)12-6-7-13(15)19-12/h2-7,14,16H,8-9H2,1H3. The highest BCUT2D eigenvalue weighted by atomic mass is 79.9. The fourth-order valence-corrected chi connectivity index (χ4v) is 3.13. The summed E-state index contributed by atoms with van der Waals surface area (Å²) in [4.78, 5) is 0.884. The molecule has 2 aromatic rings. The third-order valence-electron chi connectivity index (χ3n) is 2.62. The van der Waals surface area contributed by atoms with Crippen molar-refractivity contribution in [2.45, 2.75) is 6.10 Å². The molecule has 1 aromatic heterocycles. The van der Waals surface area contributed by atoms with E-state index in [1.54, 1.807) is 7.11 Å². The summed E-state index contributed by atoms with van der Waals surface area (Å²) in [5.74, 6) is 0.691. The van der Waals surface area contributed by atoms with Gasteiger partial charge in [0.05, 0.1) is 10.4 Å². The number of methoxy groups -OCH3 is 1. The Kier molecular flexibility index (Phi) is 5.39. The summed E-state index contributed by atoms with van der Waals surface area (Å²) in [5, 5.41) is 10.4. The van der Waals surface area contributed by atoms with E-state index in [1.165, 1.54) is 11.3 Å². The van der Waals surface area contributed by atoms with Gasteiger partial charge in [0.2, 0.25) is 0 Å². The van der Waals surface area contributed by atoms with E-state index in [2.05, 4.69) is 15.9 Å². The maximum Gasteiger partial charge on any atom is 0.125 e. The summed E-state index contributed by atoms with van der Waals surface area (Å²) in [6, 6.07) is 11.4. The number of hydrogen-bond donors (Lipinski definition) is 1. The van der Waals surface area contributed by atoms with Gasteiger partial charge in [0, 0.05) is 17.6 Å². The van der Waals surface area contributed by atoms with E-state index in [9.17, 15) is 5.11 Å². The summed E-state index contributed by atoms with van der Waals surface area (Å²) in [7, 11) is 1.63. The zero-order chi connectivity index (χ0) is 13.7. The van der Waals surface area contributed by atoms with E-state index >= 15 is 0 Å². The Morgan fingerprint density at radius 2 is 2.00 bits per heavy atom. The molecule has 1 atom stereocenters. The van der Waals surface area contributed by atoms with Crippen LogP contribution in [0.1, 0.15) is 16.5 Å². The third kappa shape index (κ3) is 3.79. The first-order valence-corrected chi connectivity index (χ1v) is 7.47. The van der Waals surface area contributed by atoms with Crippen molar-refractivity contribution in [1.29, 1.82) is 0 Å². The number of thiophene rings is 1. The lowest BCUT2D eigenvalue weighted by atomic mass is 10.1. The van der Waals surface area contributed by atoms with E-state index in [0.717, 1.165) is 14.2 Å². The smallest absolute Gasteiger partial charge is 0.125 e. The summed E-state index contributed by atoms with van der Waals surface area (Å²) < 4.78 is 11.6. The number of rotatable bonds is 6. The number of hydrogen-bond acceptors (Lipinski definition) is 4. The predicted octanol–water partition coefficient (Wildman–Crippen LogP) is 3.62. The molecule has 5 heteroatoms. The first-order valence-electron chi connectivity index (χ1n) is 5.86. The second-order valence-corrected chi connectivity index (χ2v) is 6.42. The minimum Gasteiger partial charge on any atom is -0.491 e. The van der Waals surface area contributed by atoms with Crippen molar-refractivity contribution in [2.24, 2.45) is 0 Å². The van der Waals surface area contributed by atoms with Crippen LogP contribution in [0, 0.1) is 0 Å². The van der Waals surface area contributed by atoms with Gasteiger partial charge in [-0.05, 0) is 34.1 Å². The van der Waals surface area contributed by atoms with Gasteiger partial charge in [-0.2, -0.15) is 0 Å². The van der Waals surface area contributed by atoms with Crippen LogP contribution < -0.4 is 4.74 Å². The Bertz CT molecular complexity index is 527. The Hall–Kier alpha value is -0.880. The molecule has 1 aromatic carbocycles. The molecule has 0 aliphatic carbocycles. The van der Waals surface area contributed by atoms with E-state index in [1.807, 2.05) is 36.4 Å². The predicted molar refractivity (Wildman–Crippen MR) is 79.9 cm³/mol. The molecule has 0 radical (unpaired) electrons. The molecule has 1 heterocycles. The van der Waals surface area contributed by atoms with E-state index in [-0.39, 0.29) is 0 Å². The first-order chi connectivity index (χ1) is 9.22. The molecule has 2 rings (SSSR count). The van der Waals surface area contributed by atoms with Gasteiger partial charge < -0.3 is 14.6 Å². The minimum absolute atomic E-state index is 0.467. The van der Waals surface area contributed by atoms with Crippen LogP contribution in [0.3, 0.4) is 0 Å². The van der Waals surface area contributed by atoms with Gasteiger partial charge in [0.15, 0.2) is 0 Å². The van der Waals surface area contributed by atoms with Gasteiger partial charge in [-0.15, -0.1) is 11.3 Å². The minimum atomic E-state index is -0.671. The highest BCUT2D eigenvalue weighted by molar-refractivity contribution is 9.11. The molecule has 0 saturated carbocycles. The second-order valence-electron chi connectivity index (χ2n) is 3.92. The number of ether oxygens (including phenoxy) is 2. The topological polar surface area (TPSA) is 38.7 Å². The molecule has 0 saturated heterocycles. The molecule has 3 nitrogen and oxygen atoms in total. The maximum atomic E-state index is 10.4. The van der Waals surface area contributed by atoms with E-state index in [4.69, 9.17) is 9.47 Å². The molecule has 19 heavy (non-hydrogen) atoms. The van der Waals surface area contributed by atoms with Crippen LogP contribution in [0.4, 0.5) is 0 Å². The van der Waals surface area contributed by atoms with Gasteiger partial charge in [-0.1, -0.05) is 18.2 Å². The summed E-state index contributed by atoms with van der Waals surface area (Å²) in [6.07, 6.45) is -0.671. The molecule has 102 valence electrons. The Labute approximate surface area is 124 Å². The van der Waals surface area contributed by atoms with Crippen molar-refractivity contribution in [2.75, 3.05) is 20.3 Å². The lowest BCUT2D eigenvalue weighted by molar-refractivity contribution is 0.142. The van der Waals surface area contributed by atoms with Crippen LogP contribution in [-0.2, 0) is 4.74 Å². The van der Waals surface area contributed by atoms with Crippen molar-refractivity contribution in [3.8, 4) is 5.75 Å². The quantitative estimate of drug-likeness (QED) is 0.815. The van der Waals surface area contributed by atoms with Crippen LogP contribution in [-0.4, -0.2) is 25.4 Å². The molecular formula is C14H15BrO3S. The first kappa shape index (κ1) is 14.5. The number of para-hydroxylation sites is 1. The fraction of sp³-hybridized carbons (Fsp3) is 0.286. The lowest BCUT2D eigenvalue weighted by Crippen LogP contribution is -2.07. The zero-order valence-electron chi connectivity index (χ0n) is 10.5. The largest absolute Gasteiger partial charge is 0.491 e. The van der Waals surface area contributed by atoms with Crippen LogP contribution in [0.15, 0.2) is 40.2 Å². The van der Waals surface area contributed by atoms with Crippen LogP contribution in [0.5, 0.6) is 5.75 Å². The Balaban J connectivity index is 2.18. The number of aliphatic hydroxyl groups excluding tert-OH is 1. The van der Waals surface area contributed by atoms with E-state index in [0.29, 0.717) is 19.0 Å². The monoisotopic (exact) mass is 342 g/mol. The SMILES string of the molecule is COCCOc1ccccc1C(O)c1ccc(Br)s1. The number of halogens is 1. The van der Waals surface area contributed by atoms with Crippen molar-refractivity contribution in [3.05, 3.63) is 50.6 Å². The fourth-order valence-electron chi connectivity index (χ4n) is 1.70. The Morgan fingerprint density at radius 3 is 2.68 bits per heavy atom. The van der Waals surface area contributed by atoms with Crippen molar-refractivity contribution >= 4 is 27.3 Å². The van der Waals surface area contributed by atoms with Crippen LogP contribution in [0.2, 0.25) is 0 Å². The van der Waals surface area contributed by atoms with Crippen LogP contribution >= 0.6 is 27.3 Å². The lowest BCUT2D eigenvalue weighted by Gasteiger charge is -2.15. The molecule has 0 bridgehead atoms. The molecule has 0 aliphatic heterocycles. The van der Waals surface area contributed by atoms with E-state index < -0.39 is 6.10 Å². The zero-order valence-corrected chi connectivity index (χ0v) is 12.9. The van der Waals surface area contributed by atoms with Gasteiger partial charge in [-0.3, -0.25) is 0 Å². The second kappa shape index (κ2) is 7.05. The van der Waals surface area contributed by atoms with Crippen LogP contribution in [0.25, 0.3) is 0 Å². The van der Waals surface area contributed by atoms with Gasteiger partial charge in [-0.25, -0.2) is 0 Å². The molecule has 0 amide bonds. The number of aliphatic hydroxyl groups is 1. The van der Waals surface area contributed by atoms with Gasteiger partial charge in [0.1, 0.15) is 18.5 Å². The summed E-state index contributed by atoms with van der Waals surface area (Å²) in [5.41, 5.74) is 0.771. The highest BCUT2D eigenvalue weighted by Gasteiger charge is 2.16. The summed E-state index contributed by atoms with van der Waals surface area (Å²) >= 11 is 4.92. The molecule has 1 unspecified atom stereocenters. The average Bonchev–Trinajstić information content (AvgIpc) is 2.85. The molecule has 0 fully saturated rings. The van der Waals surface area contributed by atoms with Crippen molar-refractivity contribution < 1.29 is 14.6 Å². The normalized spacial score (nSPS) is 12.4. The third-order valence-corrected chi connectivity index (χ3v) is 4.30. The molecule has 0 spiro atoms. The average molecular weight is 343 g/mol. The van der Waals surface area contributed by atoms with Crippen molar-refractivity contribution in [1.82, 2.24) is 0 Å². The van der Waals surface area contributed by atoms with Crippen molar-refractivity contribution in [3.63, 3.8) is 0 Å². The van der Waals surface area contributed by atoms with Gasteiger partial charge in [0.25, 0.3) is 0 Å². The highest BCUT2D eigenvalue weighted by Crippen LogP contribution is 2.35. The molecular weight excluding hydrogens is 328 g/mol. The Morgan fingerprint density at radius 1 is 1.21 bits per heavy atom. The maximum absolute atomic E-state index is 10.4. The molecule has 1 N–H and O–H groups in total. The van der Waals surface area contributed by atoms with Gasteiger partial charge >= 0.3 is 0 Å². The number of benzene rings is 1. The molecule has 0 aliphatic rings.